The number of hydrogen-bond acceptors (Lipinski definition) is 12. The van der Waals surface area contributed by atoms with Crippen LogP contribution in [0.2, 0.25) is 0 Å². The Hall–Kier alpha value is -3.68. The third-order valence-electron chi connectivity index (χ3n) is 8.22. The summed E-state index contributed by atoms with van der Waals surface area (Å²) in [6, 6.07) is 1.50. The first-order valence-corrected chi connectivity index (χ1v) is 12.5. The molecule has 1 aromatic rings. The number of likely N-dealkylation sites (N-methyl/N-ethyl adjacent to an activating group) is 1. The van der Waals surface area contributed by atoms with E-state index in [9.17, 15) is 44.1 Å². The van der Waals surface area contributed by atoms with Crippen molar-refractivity contribution in [3.05, 3.63) is 23.3 Å². The molecule has 0 aromatic heterocycles. The number of fused-ring (bicyclic) bond motifs is 3. The highest BCUT2D eigenvalue weighted by Crippen LogP contribution is 2.55. The Kier molecular flexibility index (Phi) is 7.13. The van der Waals surface area contributed by atoms with Crippen LogP contribution in [0, 0.1) is 23.7 Å². The average molecular weight is 546 g/mol. The Morgan fingerprint density at radius 2 is 1.79 bits per heavy atom. The second kappa shape index (κ2) is 9.81. The van der Waals surface area contributed by atoms with Gasteiger partial charge in [0, 0.05) is 5.92 Å². The molecule has 1 amide bonds. The van der Waals surface area contributed by atoms with Crippen molar-refractivity contribution in [3.63, 3.8) is 0 Å². The zero-order valence-corrected chi connectivity index (χ0v) is 21.8. The van der Waals surface area contributed by atoms with E-state index < -0.39 is 88.1 Å². The smallest absolute Gasteiger partial charge is 0.325 e. The van der Waals surface area contributed by atoms with Gasteiger partial charge in [-0.05, 0) is 38.6 Å². The van der Waals surface area contributed by atoms with Crippen LogP contribution < -0.4 is 11.1 Å². The zero-order valence-electron chi connectivity index (χ0n) is 21.8. The number of benzene rings is 1. The highest BCUT2D eigenvalue weighted by Gasteiger charge is 2.72. The molecular weight excluding hydrogens is 514 g/mol. The number of carbonyl (C=O) groups excluding carboxylic acids is 6. The fourth-order valence-corrected chi connectivity index (χ4v) is 6.51. The molecular formula is C26H31N3O10. The van der Waals surface area contributed by atoms with Crippen LogP contribution in [-0.4, -0.2) is 100 Å². The van der Waals surface area contributed by atoms with Gasteiger partial charge in [-0.3, -0.25) is 33.7 Å². The normalized spacial score (nSPS) is 33.8. The van der Waals surface area contributed by atoms with Crippen molar-refractivity contribution >= 4 is 40.7 Å². The Morgan fingerprint density at radius 1 is 1.15 bits per heavy atom. The van der Waals surface area contributed by atoms with Gasteiger partial charge in [0.2, 0.25) is 5.91 Å². The number of carbonyl (C=O) groups is 6. The Balaban J connectivity index is 1.84. The number of nitrogens with two attached hydrogens (primary N) is 1. The number of rotatable bonds is 6. The van der Waals surface area contributed by atoms with Gasteiger partial charge in [-0.1, -0.05) is 13.0 Å². The summed E-state index contributed by atoms with van der Waals surface area (Å²) in [4.78, 5) is 79.3. The van der Waals surface area contributed by atoms with E-state index in [0.29, 0.717) is 5.56 Å². The summed E-state index contributed by atoms with van der Waals surface area (Å²) >= 11 is 0. The number of esters is 1. The number of ether oxygens (including phenoxy) is 1. The number of amides is 1. The van der Waals surface area contributed by atoms with E-state index >= 15 is 0 Å². The number of primary amides is 1. The van der Waals surface area contributed by atoms with Crippen LogP contribution >= 0.6 is 0 Å². The average Bonchev–Trinajstić information content (AvgIpc) is 2.85. The second-order valence-electron chi connectivity index (χ2n) is 10.4. The maximum atomic E-state index is 13.9. The van der Waals surface area contributed by atoms with Crippen LogP contribution in [0.15, 0.2) is 12.1 Å². The molecule has 0 heterocycles. The van der Waals surface area contributed by atoms with Crippen molar-refractivity contribution in [2.45, 2.75) is 37.5 Å². The Bertz CT molecular complexity index is 1290. The third kappa shape index (κ3) is 3.95. The number of nitrogens with zero attached hydrogens (tertiary/aromatic N) is 1. The van der Waals surface area contributed by atoms with Crippen LogP contribution in [0.5, 0.6) is 5.75 Å². The molecule has 3 aliphatic carbocycles. The van der Waals surface area contributed by atoms with Crippen molar-refractivity contribution in [2.24, 2.45) is 29.4 Å². The van der Waals surface area contributed by atoms with Crippen LogP contribution in [-0.2, 0) is 28.7 Å². The monoisotopic (exact) mass is 545 g/mol. The topological polar surface area (TPSA) is 214 Å². The van der Waals surface area contributed by atoms with Crippen molar-refractivity contribution in [3.8, 4) is 5.75 Å². The van der Waals surface area contributed by atoms with Crippen molar-refractivity contribution in [1.29, 1.82) is 0 Å². The number of nitrogens with one attached hydrogen (secondary N) is 1. The molecule has 0 radical (unpaired) electrons. The van der Waals surface area contributed by atoms with Gasteiger partial charge < -0.3 is 31.1 Å². The quantitative estimate of drug-likeness (QED) is 0.155. The maximum absolute atomic E-state index is 13.9. The van der Waals surface area contributed by atoms with E-state index in [1.54, 1.807) is 13.8 Å². The van der Waals surface area contributed by atoms with Crippen LogP contribution in [0.1, 0.15) is 35.7 Å². The summed E-state index contributed by atoms with van der Waals surface area (Å²) in [6.45, 7) is 3.05. The number of aliphatic hydroxyl groups excluding tert-OH is 1. The molecule has 0 saturated heterocycles. The molecule has 6 N–H and O–H groups in total. The molecule has 3 aliphatic rings. The number of Topliss-reactive ketones (excluding diaryl/α,β-unsaturated/α-hetero) is 4. The van der Waals surface area contributed by atoms with Gasteiger partial charge in [-0.25, -0.2) is 0 Å². The molecule has 8 unspecified atom stereocenters. The molecule has 2 fully saturated rings. The highest BCUT2D eigenvalue weighted by molar-refractivity contribution is 6.32. The van der Waals surface area contributed by atoms with Crippen molar-refractivity contribution in [1.82, 2.24) is 4.90 Å². The number of phenols is 1. The number of hydrogen-bond donors (Lipinski definition) is 5. The standard InChI is InChI=1S/C26H31N3O10/c1-5-39-12(30)8-28-11-7-6-10-9(2)13-15(20(32)14(10)19(11)31)23(35)26(38)17(21(13)33)18(29(3)4)22(34)16(24(26)36)25(27)37/h6-7,9,13,15-18,21,28,31,33,38H,5,8H2,1-4H3,(H2,27,37). The molecule has 39 heavy (non-hydrogen) atoms. The lowest BCUT2D eigenvalue weighted by Gasteiger charge is -2.56. The summed E-state index contributed by atoms with van der Waals surface area (Å²) in [5.74, 6) is -14.7. The van der Waals surface area contributed by atoms with Gasteiger partial charge in [0.25, 0.3) is 0 Å². The van der Waals surface area contributed by atoms with Crippen molar-refractivity contribution in [2.75, 3.05) is 32.6 Å². The second-order valence-corrected chi connectivity index (χ2v) is 10.4. The van der Waals surface area contributed by atoms with Crippen molar-refractivity contribution < 1.29 is 48.8 Å². The van der Waals surface area contributed by atoms with Crippen LogP contribution in [0.4, 0.5) is 5.69 Å². The number of ketones is 4. The minimum atomic E-state index is -3.06. The lowest BCUT2D eigenvalue weighted by Crippen LogP contribution is -2.77. The van der Waals surface area contributed by atoms with Gasteiger partial charge in [-0.2, -0.15) is 0 Å². The van der Waals surface area contributed by atoms with Gasteiger partial charge in [-0.15, -0.1) is 0 Å². The molecule has 0 spiro atoms. The largest absolute Gasteiger partial charge is 0.505 e. The SMILES string of the molecule is CCOC(=O)CNc1ccc2c(c1O)C(=O)C1C(=O)C3(O)C(=O)C(C(N)=O)C(=O)C(N(C)C)C3C(O)C1C2C. The van der Waals surface area contributed by atoms with Crippen LogP contribution in [0.3, 0.4) is 0 Å². The predicted molar refractivity (Wildman–Crippen MR) is 133 cm³/mol. The zero-order chi connectivity index (χ0) is 29.1. The van der Waals surface area contributed by atoms with E-state index in [0.717, 1.165) is 0 Å². The minimum Gasteiger partial charge on any atom is -0.505 e. The summed E-state index contributed by atoms with van der Waals surface area (Å²) in [5, 5.41) is 36.8. The summed E-state index contributed by atoms with van der Waals surface area (Å²) < 4.78 is 4.84. The molecule has 13 nitrogen and oxygen atoms in total. The molecule has 8 atom stereocenters. The molecule has 2 saturated carbocycles. The Morgan fingerprint density at radius 3 is 2.36 bits per heavy atom. The van der Waals surface area contributed by atoms with E-state index in [-0.39, 0.29) is 24.4 Å². The number of phenolic OH excluding ortho intramolecular Hbond substituents is 1. The molecule has 0 bridgehead atoms. The fraction of sp³-hybridized carbons (Fsp3) is 0.538. The molecule has 0 aliphatic heterocycles. The third-order valence-corrected chi connectivity index (χ3v) is 8.22. The minimum absolute atomic E-state index is 0.00185. The Labute approximate surface area is 223 Å². The first-order valence-electron chi connectivity index (χ1n) is 12.5. The molecule has 13 heteroatoms. The first kappa shape index (κ1) is 28.3. The van der Waals surface area contributed by atoms with E-state index in [2.05, 4.69) is 5.32 Å². The van der Waals surface area contributed by atoms with Gasteiger partial charge in [0.1, 0.15) is 12.3 Å². The fourth-order valence-electron chi connectivity index (χ4n) is 6.51. The number of anilines is 1. The summed E-state index contributed by atoms with van der Waals surface area (Å²) in [5.41, 5.74) is 2.26. The number of aromatic hydroxyl groups is 1. The highest BCUT2D eigenvalue weighted by atomic mass is 16.5. The van der Waals surface area contributed by atoms with E-state index in [1.165, 1.54) is 31.1 Å². The molecule has 210 valence electrons. The van der Waals surface area contributed by atoms with Gasteiger partial charge >= 0.3 is 5.97 Å². The van der Waals surface area contributed by atoms with Gasteiger partial charge in [0.15, 0.2) is 34.7 Å². The maximum Gasteiger partial charge on any atom is 0.325 e. The summed E-state index contributed by atoms with van der Waals surface area (Å²) in [6.07, 6.45) is -1.71. The number of aliphatic hydroxyl groups is 2. The van der Waals surface area contributed by atoms with E-state index in [4.69, 9.17) is 10.5 Å². The van der Waals surface area contributed by atoms with Gasteiger partial charge in [0.05, 0.1) is 41.8 Å². The molecule has 1 aromatic carbocycles. The van der Waals surface area contributed by atoms with Crippen LogP contribution in [0.25, 0.3) is 0 Å². The molecule has 4 rings (SSSR count). The first-order chi connectivity index (χ1) is 18.2. The lowest BCUT2D eigenvalue weighted by atomic mass is 9.49. The predicted octanol–water partition coefficient (Wildman–Crippen LogP) is -1.63. The van der Waals surface area contributed by atoms with E-state index in [1.807, 2.05) is 0 Å². The summed E-state index contributed by atoms with van der Waals surface area (Å²) in [7, 11) is 2.85. The lowest BCUT2D eigenvalue weighted by molar-refractivity contribution is -0.196.